The summed E-state index contributed by atoms with van der Waals surface area (Å²) in [5.41, 5.74) is 6.80. The van der Waals surface area contributed by atoms with Gasteiger partial charge in [-0.3, -0.25) is 0 Å². The Kier molecular flexibility index (Phi) is 3.64. The molecule has 0 radical (unpaired) electrons. The molecular formula is C18H22N2. The highest BCUT2D eigenvalue weighted by Crippen LogP contribution is 2.22. The fourth-order valence-electron chi connectivity index (χ4n) is 2.78. The van der Waals surface area contributed by atoms with Crippen LogP contribution in [0.1, 0.15) is 16.7 Å². The Morgan fingerprint density at radius 1 is 0.950 bits per heavy atom. The number of fused-ring (bicyclic) bond motifs is 1. The van der Waals surface area contributed by atoms with E-state index in [1.54, 1.807) is 0 Å². The predicted octanol–water partition coefficient (Wildman–Crippen LogP) is 3.78. The van der Waals surface area contributed by atoms with E-state index >= 15 is 0 Å². The maximum atomic E-state index is 3.55. The summed E-state index contributed by atoms with van der Waals surface area (Å²) in [5.74, 6) is 0. The van der Waals surface area contributed by atoms with Gasteiger partial charge in [0.25, 0.3) is 0 Å². The van der Waals surface area contributed by atoms with E-state index in [4.69, 9.17) is 0 Å². The molecule has 1 aliphatic rings. The van der Waals surface area contributed by atoms with Crippen LogP contribution in [0.15, 0.2) is 42.5 Å². The van der Waals surface area contributed by atoms with Crippen LogP contribution in [0.4, 0.5) is 11.4 Å². The van der Waals surface area contributed by atoms with Crippen LogP contribution in [0.5, 0.6) is 0 Å². The molecule has 0 aromatic heterocycles. The average Bonchev–Trinajstić information content (AvgIpc) is 2.43. The topological polar surface area (TPSA) is 15.3 Å². The van der Waals surface area contributed by atoms with Gasteiger partial charge in [0.2, 0.25) is 0 Å². The average molecular weight is 266 g/mol. The minimum absolute atomic E-state index is 0.990. The van der Waals surface area contributed by atoms with Crippen LogP contribution < -0.4 is 10.2 Å². The fraction of sp³-hybridized carbons (Fsp3) is 0.333. The van der Waals surface area contributed by atoms with Crippen LogP contribution in [0.3, 0.4) is 0 Å². The molecule has 0 amide bonds. The van der Waals surface area contributed by atoms with Crippen LogP contribution in [0.2, 0.25) is 0 Å². The third kappa shape index (κ3) is 2.64. The summed E-state index contributed by atoms with van der Waals surface area (Å²) in [4.78, 5) is 2.48. The van der Waals surface area contributed by atoms with Crippen molar-refractivity contribution in [2.75, 3.05) is 29.9 Å². The van der Waals surface area contributed by atoms with Crippen LogP contribution in [-0.4, -0.2) is 19.6 Å². The number of nitrogens with one attached hydrogen (secondary N) is 1. The van der Waals surface area contributed by atoms with E-state index in [1.807, 2.05) is 0 Å². The highest BCUT2D eigenvalue weighted by Gasteiger charge is 2.12. The predicted molar refractivity (Wildman–Crippen MR) is 86.8 cm³/mol. The van der Waals surface area contributed by atoms with Crippen LogP contribution in [0, 0.1) is 13.8 Å². The summed E-state index contributed by atoms with van der Waals surface area (Å²) >= 11 is 0. The van der Waals surface area contributed by atoms with E-state index in [0.29, 0.717) is 0 Å². The molecule has 0 fully saturated rings. The zero-order chi connectivity index (χ0) is 13.9. The molecule has 3 rings (SSSR count). The first kappa shape index (κ1) is 13.0. The number of benzene rings is 2. The van der Waals surface area contributed by atoms with Gasteiger partial charge in [-0.25, -0.2) is 0 Å². The lowest BCUT2D eigenvalue weighted by Gasteiger charge is -2.29. The standard InChI is InChI=1S/C18H22N2/c1-14-7-8-17(13-15(14)2)20-11-9-16-5-3-4-6-18(16)19-10-12-20/h3-8,13,19H,9-12H2,1-2H3. The number of hydrogen-bond acceptors (Lipinski definition) is 2. The maximum absolute atomic E-state index is 3.55. The second-order valence-electron chi connectivity index (χ2n) is 5.59. The quantitative estimate of drug-likeness (QED) is 0.845. The minimum atomic E-state index is 0.990. The Balaban J connectivity index is 1.81. The molecule has 1 heterocycles. The van der Waals surface area contributed by atoms with Gasteiger partial charge in [-0.2, -0.15) is 0 Å². The minimum Gasteiger partial charge on any atom is -0.383 e. The van der Waals surface area contributed by atoms with E-state index in [9.17, 15) is 0 Å². The van der Waals surface area contributed by atoms with Crippen molar-refractivity contribution in [3.8, 4) is 0 Å². The van der Waals surface area contributed by atoms with Gasteiger partial charge in [-0.05, 0) is 55.2 Å². The number of anilines is 2. The molecule has 0 saturated heterocycles. The summed E-state index contributed by atoms with van der Waals surface area (Å²) in [6, 6.07) is 15.4. The molecule has 1 aliphatic heterocycles. The van der Waals surface area contributed by atoms with Crippen molar-refractivity contribution >= 4 is 11.4 Å². The number of rotatable bonds is 1. The molecule has 0 spiro atoms. The lowest BCUT2D eigenvalue weighted by molar-refractivity contribution is 0.774. The zero-order valence-corrected chi connectivity index (χ0v) is 12.3. The second kappa shape index (κ2) is 5.58. The first-order valence-electron chi connectivity index (χ1n) is 7.38. The van der Waals surface area contributed by atoms with Gasteiger partial charge in [0.15, 0.2) is 0 Å². The van der Waals surface area contributed by atoms with Gasteiger partial charge in [-0.1, -0.05) is 24.3 Å². The number of para-hydroxylation sites is 1. The maximum Gasteiger partial charge on any atom is 0.0374 e. The van der Waals surface area contributed by atoms with E-state index in [1.165, 1.54) is 28.1 Å². The molecule has 0 bridgehead atoms. The second-order valence-corrected chi connectivity index (χ2v) is 5.59. The largest absolute Gasteiger partial charge is 0.383 e. The first-order valence-corrected chi connectivity index (χ1v) is 7.38. The lowest BCUT2D eigenvalue weighted by atomic mass is 10.1. The van der Waals surface area contributed by atoms with Crippen molar-refractivity contribution in [2.24, 2.45) is 0 Å². The molecule has 2 aromatic carbocycles. The Morgan fingerprint density at radius 2 is 1.80 bits per heavy atom. The van der Waals surface area contributed by atoms with Gasteiger partial charge in [0.1, 0.15) is 0 Å². The Morgan fingerprint density at radius 3 is 2.65 bits per heavy atom. The third-order valence-corrected chi connectivity index (χ3v) is 4.22. The fourth-order valence-corrected chi connectivity index (χ4v) is 2.78. The molecule has 2 nitrogen and oxygen atoms in total. The monoisotopic (exact) mass is 266 g/mol. The van der Waals surface area contributed by atoms with Crippen molar-refractivity contribution < 1.29 is 0 Å². The third-order valence-electron chi connectivity index (χ3n) is 4.22. The molecule has 0 unspecified atom stereocenters. The summed E-state index contributed by atoms with van der Waals surface area (Å²) in [7, 11) is 0. The van der Waals surface area contributed by atoms with Gasteiger partial charge in [0, 0.05) is 31.0 Å². The number of aryl methyl sites for hydroxylation is 2. The number of hydrogen-bond donors (Lipinski definition) is 1. The van der Waals surface area contributed by atoms with E-state index in [2.05, 4.69) is 66.5 Å². The summed E-state index contributed by atoms with van der Waals surface area (Å²) in [6.45, 7) is 7.49. The van der Waals surface area contributed by atoms with Crippen molar-refractivity contribution in [1.29, 1.82) is 0 Å². The van der Waals surface area contributed by atoms with Crippen molar-refractivity contribution in [1.82, 2.24) is 0 Å². The smallest absolute Gasteiger partial charge is 0.0374 e. The van der Waals surface area contributed by atoms with Crippen LogP contribution in [-0.2, 0) is 6.42 Å². The summed E-state index contributed by atoms with van der Waals surface area (Å²) in [5, 5.41) is 3.55. The van der Waals surface area contributed by atoms with Crippen molar-refractivity contribution in [2.45, 2.75) is 20.3 Å². The molecule has 0 atom stereocenters. The summed E-state index contributed by atoms with van der Waals surface area (Å²) in [6.07, 6.45) is 1.09. The molecule has 0 aliphatic carbocycles. The van der Waals surface area contributed by atoms with Gasteiger partial charge >= 0.3 is 0 Å². The highest BCUT2D eigenvalue weighted by molar-refractivity contribution is 5.55. The molecule has 2 aromatic rings. The van der Waals surface area contributed by atoms with E-state index in [0.717, 1.165) is 26.1 Å². The Hall–Kier alpha value is -1.96. The molecule has 20 heavy (non-hydrogen) atoms. The SMILES string of the molecule is Cc1ccc(N2CCNc3ccccc3CC2)cc1C. The molecule has 1 N–H and O–H groups in total. The Bertz CT molecular complexity index is 604. The molecule has 2 heteroatoms. The normalized spacial score (nSPS) is 15.0. The van der Waals surface area contributed by atoms with E-state index in [-0.39, 0.29) is 0 Å². The Labute approximate surface area is 121 Å². The zero-order valence-electron chi connectivity index (χ0n) is 12.3. The van der Waals surface area contributed by atoms with Gasteiger partial charge in [-0.15, -0.1) is 0 Å². The van der Waals surface area contributed by atoms with Gasteiger partial charge < -0.3 is 10.2 Å². The van der Waals surface area contributed by atoms with E-state index < -0.39 is 0 Å². The van der Waals surface area contributed by atoms with Crippen LogP contribution in [0.25, 0.3) is 0 Å². The summed E-state index contributed by atoms with van der Waals surface area (Å²) < 4.78 is 0. The molecular weight excluding hydrogens is 244 g/mol. The number of nitrogens with zero attached hydrogens (tertiary/aromatic N) is 1. The first-order chi connectivity index (χ1) is 9.74. The van der Waals surface area contributed by atoms with Crippen molar-refractivity contribution in [3.05, 3.63) is 59.2 Å². The van der Waals surface area contributed by atoms with Crippen molar-refractivity contribution in [3.63, 3.8) is 0 Å². The highest BCUT2D eigenvalue weighted by atomic mass is 15.1. The molecule has 0 saturated carbocycles. The molecule has 104 valence electrons. The van der Waals surface area contributed by atoms with Gasteiger partial charge in [0.05, 0.1) is 0 Å². The van der Waals surface area contributed by atoms with Crippen LogP contribution >= 0.6 is 0 Å². The lowest BCUT2D eigenvalue weighted by Crippen LogP contribution is -2.33.